The molecule has 0 radical (unpaired) electrons. The van der Waals surface area contributed by atoms with Crippen LogP contribution in [0.25, 0.3) is 0 Å². The fraction of sp³-hybridized carbons (Fsp3) is 0.435. The molecule has 2 fully saturated rings. The summed E-state index contributed by atoms with van der Waals surface area (Å²) in [5.41, 5.74) is 15.0. The zero-order valence-electron chi connectivity index (χ0n) is 54.3. The molecule has 13 N–H and O–H groups in total. The van der Waals surface area contributed by atoms with E-state index in [2.05, 4.69) is 52.2 Å². The highest BCUT2D eigenvalue weighted by Crippen LogP contribution is 2.36. The first-order valence-electron chi connectivity index (χ1n) is 32.6. The maximum Gasteiger partial charge on any atom is 0.247 e. The highest BCUT2D eigenvalue weighted by atomic mass is 35.5. The number of amides is 10. The minimum Gasteiger partial charge on any atom is -0.508 e. The Morgan fingerprint density at radius 2 is 1.18 bits per heavy atom. The fourth-order valence-corrected chi connectivity index (χ4v) is 12.9. The van der Waals surface area contributed by atoms with Gasteiger partial charge in [-0.3, -0.25) is 62.9 Å². The lowest BCUT2D eigenvalue weighted by Crippen LogP contribution is -2.61. The van der Waals surface area contributed by atoms with Gasteiger partial charge in [-0.2, -0.15) is 0 Å². The summed E-state index contributed by atoms with van der Waals surface area (Å²) in [6, 6.07) is 14.1. The van der Waals surface area contributed by atoms with Gasteiger partial charge in [0.05, 0.1) is 18.0 Å². The SMILES string of the molecule is CC(C)CC1C(=O)NC(CCCN=C(N)N)C(=O)N2CCCC2C(=O)NCCC(=O)N2CC=CC2C(=O)NC(Cc2ccc(Cl)cc2)C(=O)NC(CC2C=Nc3ccccc32)C(=O)NC(CO)C(=O)NC(Cc2ccc(O)cc2)C(=O)NC(CC2C=Nc3ccccc32)C(=O)N1C. The minimum atomic E-state index is -1.80. The Balaban J connectivity index is 1.09. The van der Waals surface area contributed by atoms with Crippen molar-refractivity contribution in [1.82, 2.24) is 51.9 Å². The largest absolute Gasteiger partial charge is 0.508 e. The molecule has 97 heavy (non-hydrogen) atoms. The van der Waals surface area contributed by atoms with E-state index in [0.29, 0.717) is 33.9 Å². The Labute approximate surface area is 566 Å². The van der Waals surface area contributed by atoms with Crippen LogP contribution in [0.4, 0.5) is 11.4 Å². The first-order chi connectivity index (χ1) is 46.5. The second-order valence-electron chi connectivity index (χ2n) is 25.3. The normalized spacial score (nSPS) is 25.6. The van der Waals surface area contributed by atoms with Crippen LogP contribution in [0.3, 0.4) is 0 Å². The quantitative estimate of drug-likeness (QED) is 0.0350. The highest BCUT2D eigenvalue weighted by Gasteiger charge is 2.43. The van der Waals surface area contributed by atoms with Gasteiger partial charge < -0.3 is 73.6 Å². The van der Waals surface area contributed by atoms with Gasteiger partial charge in [-0.1, -0.05) is 98.3 Å². The van der Waals surface area contributed by atoms with Crippen molar-refractivity contribution in [3.05, 3.63) is 136 Å². The molecular weight excluding hydrogens is 1270 g/mol. The summed E-state index contributed by atoms with van der Waals surface area (Å²) in [6.07, 6.45) is 6.33. The van der Waals surface area contributed by atoms with E-state index < -0.39 is 132 Å². The first-order valence-corrected chi connectivity index (χ1v) is 33.0. The molecular formula is C69H84ClN15O12. The van der Waals surface area contributed by atoms with E-state index >= 15 is 14.4 Å². The Hall–Kier alpha value is -10.0. The van der Waals surface area contributed by atoms with Crippen molar-refractivity contribution < 1.29 is 58.2 Å². The molecule has 27 nitrogen and oxygen atoms in total. The van der Waals surface area contributed by atoms with E-state index in [1.807, 2.05) is 26.0 Å². The van der Waals surface area contributed by atoms with Crippen LogP contribution in [0.15, 0.2) is 124 Å². The Bertz CT molecular complexity index is 3690. The zero-order valence-corrected chi connectivity index (χ0v) is 55.0. The Kier molecular flexibility index (Phi) is 24.3. The van der Waals surface area contributed by atoms with Crippen LogP contribution >= 0.6 is 11.6 Å². The van der Waals surface area contributed by atoms with Gasteiger partial charge in [-0.05, 0) is 110 Å². The molecule has 10 amide bonds. The van der Waals surface area contributed by atoms with Crippen LogP contribution in [0.5, 0.6) is 5.75 Å². The molecule has 5 aliphatic heterocycles. The van der Waals surface area contributed by atoms with Crippen molar-refractivity contribution in [1.29, 1.82) is 0 Å². The average molecular weight is 1350 g/mol. The number of aromatic hydroxyl groups is 1. The van der Waals surface area contributed by atoms with Gasteiger partial charge >= 0.3 is 0 Å². The van der Waals surface area contributed by atoms with Crippen LogP contribution in [0.2, 0.25) is 5.02 Å². The number of rotatable bonds is 15. The predicted octanol–water partition coefficient (Wildman–Crippen LogP) is 1.72. The van der Waals surface area contributed by atoms with E-state index in [-0.39, 0.29) is 102 Å². The topological polar surface area (TPSA) is 394 Å². The third kappa shape index (κ3) is 18.5. The number of aliphatic hydroxyl groups is 1. The molecule has 0 spiro atoms. The van der Waals surface area contributed by atoms with Gasteiger partial charge in [0.25, 0.3) is 0 Å². The standard InChI is InChI=1S/C69H84ClN15O12/c1-39(2)31-58-66(95)77-50(15-8-27-74-69(71)72)68(97)85-30-10-16-56(85)64(93)73-28-26-59(88)84-29-9-17-57(84)65(94)80-52(32-40-18-22-44(70)23-19-40)60(89)79-53(34-42-36-75-48-13-6-4-11-46(42)48)62(91)82-55(38-86)63(92)78-51(33-41-20-24-45(87)25-21-41)61(90)81-54(67(96)83(58)3)35-43-37-76-49-14-7-5-12-47(43)49/h4-7,9,11-14,17-25,36-37,39,42-43,50-58,86-87H,8,10,15-16,26-35,38H2,1-3H3,(H,73,93)(H,77,95)(H,78,92)(H,79,89)(H,80,94)(H,81,90)(H,82,91)(H4,71,72,74). The summed E-state index contributed by atoms with van der Waals surface area (Å²) in [4.78, 5) is 165. The van der Waals surface area contributed by atoms with Crippen LogP contribution < -0.4 is 48.7 Å². The second-order valence-corrected chi connectivity index (χ2v) is 25.7. The number of phenols is 1. The van der Waals surface area contributed by atoms with Crippen LogP contribution in [0, 0.1) is 5.92 Å². The number of carbonyl (C=O) groups excluding carboxylic acids is 10. The van der Waals surface area contributed by atoms with Gasteiger partial charge in [0, 0.05) is 81.8 Å². The third-order valence-corrected chi connectivity index (χ3v) is 18.1. The molecule has 0 bridgehead atoms. The van der Waals surface area contributed by atoms with Gasteiger partial charge in [0.15, 0.2) is 5.96 Å². The third-order valence-electron chi connectivity index (χ3n) is 17.9. The van der Waals surface area contributed by atoms with Crippen LogP contribution in [0.1, 0.15) is 99.3 Å². The number of hydrogen-bond acceptors (Lipinski definition) is 15. The lowest BCUT2D eigenvalue weighted by Gasteiger charge is -2.35. The van der Waals surface area contributed by atoms with Crippen molar-refractivity contribution in [2.24, 2.45) is 32.4 Å². The monoisotopic (exact) mass is 1350 g/mol. The molecule has 9 rings (SSSR count). The first kappa shape index (κ1) is 71.3. The summed E-state index contributed by atoms with van der Waals surface area (Å²) in [5.74, 6) is -9.36. The highest BCUT2D eigenvalue weighted by molar-refractivity contribution is 6.30. The number of likely N-dealkylation sites (N-methyl/N-ethyl adjacent to an activating group) is 1. The van der Waals surface area contributed by atoms with E-state index in [9.17, 15) is 43.8 Å². The smallest absolute Gasteiger partial charge is 0.247 e. The summed E-state index contributed by atoms with van der Waals surface area (Å²) >= 11 is 6.26. The number of nitrogens with two attached hydrogens (primary N) is 2. The van der Waals surface area contributed by atoms with E-state index in [4.69, 9.17) is 23.1 Å². The number of aliphatic imine (C=N–C) groups is 3. The zero-order chi connectivity index (χ0) is 69.4. The van der Waals surface area contributed by atoms with Gasteiger partial charge in [0.1, 0.15) is 60.1 Å². The lowest BCUT2D eigenvalue weighted by molar-refractivity contribution is -0.145. The minimum absolute atomic E-state index is 0.00194. The van der Waals surface area contributed by atoms with E-state index in [0.717, 1.165) is 11.1 Å². The number of guanidine groups is 1. The molecule has 2 saturated heterocycles. The molecule has 0 aliphatic carbocycles. The Morgan fingerprint density at radius 3 is 1.78 bits per heavy atom. The van der Waals surface area contributed by atoms with E-state index in [1.165, 1.54) is 52.1 Å². The number of aliphatic hydroxyl groups excluding tert-OH is 1. The molecule has 4 aromatic carbocycles. The molecule has 0 saturated carbocycles. The maximum atomic E-state index is 15.5. The number of hydrogen-bond donors (Lipinski definition) is 11. The summed E-state index contributed by atoms with van der Waals surface area (Å²) in [7, 11) is 1.41. The maximum absolute atomic E-state index is 15.5. The molecule has 514 valence electrons. The fourth-order valence-electron chi connectivity index (χ4n) is 12.7. The number of carbonyl (C=O) groups is 10. The molecule has 5 aliphatic rings. The molecule has 11 unspecified atom stereocenters. The number of phenolic OH excluding ortho intramolecular Hbond substituents is 1. The number of nitrogens with one attached hydrogen (secondary N) is 7. The van der Waals surface area contributed by atoms with Gasteiger partial charge in [-0.25, -0.2) is 0 Å². The van der Waals surface area contributed by atoms with Gasteiger partial charge in [0.2, 0.25) is 59.1 Å². The second kappa shape index (κ2) is 33.1. The number of benzene rings is 4. The van der Waals surface area contributed by atoms with Crippen LogP contribution in [-0.4, -0.2) is 197 Å². The van der Waals surface area contributed by atoms with Crippen molar-refractivity contribution in [3.8, 4) is 5.75 Å². The predicted molar refractivity (Wildman–Crippen MR) is 362 cm³/mol. The molecule has 5 heterocycles. The van der Waals surface area contributed by atoms with Crippen molar-refractivity contribution >= 4 is 100 Å². The lowest BCUT2D eigenvalue weighted by atomic mass is 9.92. The summed E-state index contributed by atoms with van der Waals surface area (Å²) < 4.78 is 0. The summed E-state index contributed by atoms with van der Waals surface area (Å²) in [6.45, 7) is 2.67. The average Bonchev–Trinajstić information content (AvgIpc) is 1.79. The van der Waals surface area contributed by atoms with Crippen molar-refractivity contribution in [2.75, 3.05) is 39.8 Å². The van der Waals surface area contributed by atoms with Crippen molar-refractivity contribution in [2.45, 2.75) is 144 Å². The molecule has 0 aromatic heterocycles. The van der Waals surface area contributed by atoms with Crippen LogP contribution in [-0.2, 0) is 60.8 Å². The van der Waals surface area contributed by atoms with Crippen molar-refractivity contribution in [3.63, 3.8) is 0 Å². The molecule has 11 atom stereocenters. The van der Waals surface area contributed by atoms with Gasteiger partial charge in [-0.15, -0.1) is 0 Å². The number of para-hydroxylation sites is 2. The van der Waals surface area contributed by atoms with E-state index in [1.54, 1.807) is 79.2 Å². The number of halogens is 1. The summed E-state index contributed by atoms with van der Waals surface area (Å²) in [5, 5.41) is 41.1. The number of fused-ring (bicyclic) bond motifs is 4. The number of nitrogens with zero attached hydrogens (tertiary/aromatic N) is 6. The Morgan fingerprint density at radius 1 is 0.639 bits per heavy atom. The molecule has 28 heteroatoms. The molecule has 4 aromatic rings.